The van der Waals surface area contributed by atoms with Gasteiger partial charge >= 0.3 is 0 Å². The molecule has 0 atom stereocenters. The minimum atomic E-state index is 0.662. The Hall–Kier alpha value is -1.05. The molecular formula is C13H17BrN2O. The van der Waals surface area contributed by atoms with Crippen molar-refractivity contribution in [3.8, 4) is 6.07 Å². The standard InChI is InChI=1S/C13H17BrN2O/c1-3-16(7-8-17-4-2)12-6-5-11(10-15)13(14)9-12/h5-6,9H,3-4,7-8H2,1-2H3. The molecule has 3 nitrogen and oxygen atoms in total. The summed E-state index contributed by atoms with van der Waals surface area (Å²) in [5, 5.41) is 8.86. The fourth-order valence-electron chi connectivity index (χ4n) is 1.58. The summed E-state index contributed by atoms with van der Waals surface area (Å²) in [4.78, 5) is 2.22. The van der Waals surface area contributed by atoms with Gasteiger partial charge in [0.05, 0.1) is 12.2 Å². The van der Waals surface area contributed by atoms with Crippen LogP contribution in [0.3, 0.4) is 0 Å². The Labute approximate surface area is 111 Å². The second kappa shape index (κ2) is 7.31. The molecule has 0 aromatic heterocycles. The van der Waals surface area contributed by atoms with Crippen LogP contribution in [0.5, 0.6) is 0 Å². The lowest BCUT2D eigenvalue weighted by atomic mass is 10.2. The van der Waals surface area contributed by atoms with Crippen LogP contribution in [-0.4, -0.2) is 26.3 Å². The third-order valence-corrected chi connectivity index (χ3v) is 3.19. The largest absolute Gasteiger partial charge is 0.380 e. The SMILES string of the molecule is CCOCCN(CC)c1ccc(C#N)c(Br)c1. The zero-order chi connectivity index (χ0) is 12.7. The van der Waals surface area contributed by atoms with Crippen LogP contribution in [0.4, 0.5) is 5.69 Å². The highest BCUT2D eigenvalue weighted by atomic mass is 79.9. The van der Waals surface area contributed by atoms with E-state index in [0.717, 1.165) is 36.5 Å². The Balaban J connectivity index is 2.75. The zero-order valence-electron chi connectivity index (χ0n) is 10.2. The molecule has 0 unspecified atom stereocenters. The highest BCUT2D eigenvalue weighted by Crippen LogP contribution is 2.23. The Kier molecular flexibility index (Phi) is 6.03. The molecule has 0 aliphatic heterocycles. The first-order chi connectivity index (χ1) is 8.22. The second-order valence-corrected chi connectivity index (χ2v) is 4.41. The van der Waals surface area contributed by atoms with Gasteiger partial charge in [0.25, 0.3) is 0 Å². The first kappa shape index (κ1) is 14.0. The molecule has 1 aromatic carbocycles. The van der Waals surface area contributed by atoms with E-state index >= 15 is 0 Å². The van der Waals surface area contributed by atoms with Crippen LogP contribution >= 0.6 is 15.9 Å². The number of rotatable bonds is 6. The average Bonchev–Trinajstić information content (AvgIpc) is 2.35. The molecule has 0 radical (unpaired) electrons. The van der Waals surface area contributed by atoms with Gasteiger partial charge < -0.3 is 9.64 Å². The third-order valence-electron chi connectivity index (χ3n) is 2.53. The highest BCUT2D eigenvalue weighted by Gasteiger charge is 2.06. The van der Waals surface area contributed by atoms with Crippen LogP contribution in [0.2, 0.25) is 0 Å². The number of hydrogen-bond acceptors (Lipinski definition) is 3. The zero-order valence-corrected chi connectivity index (χ0v) is 11.8. The van der Waals surface area contributed by atoms with Crippen LogP contribution in [0.1, 0.15) is 19.4 Å². The molecule has 0 N–H and O–H groups in total. The number of benzene rings is 1. The Bertz CT molecular complexity index is 401. The quantitative estimate of drug-likeness (QED) is 0.757. The minimum absolute atomic E-state index is 0.662. The molecule has 0 aliphatic rings. The smallest absolute Gasteiger partial charge is 0.100 e. The Morgan fingerprint density at radius 1 is 1.41 bits per heavy atom. The summed E-state index contributed by atoms with van der Waals surface area (Å²) in [7, 11) is 0. The summed E-state index contributed by atoms with van der Waals surface area (Å²) in [5.74, 6) is 0. The van der Waals surface area contributed by atoms with E-state index in [4.69, 9.17) is 10.00 Å². The lowest BCUT2D eigenvalue weighted by Gasteiger charge is -2.23. The maximum atomic E-state index is 8.86. The lowest BCUT2D eigenvalue weighted by Crippen LogP contribution is -2.27. The van der Waals surface area contributed by atoms with Crippen LogP contribution in [-0.2, 0) is 4.74 Å². The van der Waals surface area contributed by atoms with Crippen molar-refractivity contribution in [3.05, 3.63) is 28.2 Å². The van der Waals surface area contributed by atoms with Crippen LogP contribution < -0.4 is 4.90 Å². The highest BCUT2D eigenvalue weighted by molar-refractivity contribution is 9.10. The van der Waals surface area contributed by atoms with E-state index in [1.54, 1.807) is 0 Å². The molecule has 0 fully saturated rings. The van der Waals surface area contributed by atoms with E-state index in [2.05, 4.69) is 33.8 Å². The van der Waals surface area contributed by atoms with Gasteiger partial charge in [-0.2, -0.15) is 5.26 Å². The van der Waals surface area contributed by atoms with Gasteiger partial charge in [-0.15, -0.1) is 0 Å². The summed E-state index contributed by atoms with van der Waals surface area (Å²) >= 11 is 3.41. The molecule has 0 spiro atoms. The number of ether oxygens (including phenoxy) is 1. The molecule has 17 heavy (non-hydrogen) atoms. The molecule has 0 saturated heterocycles. The van der Waals surface area contributed by atoms with Crippen molar-refractivity contribution in [1.82, 2.24) is 0 Å². The molecular weight excluding hydrogens is 280 g/mol. The fourth-order valence-corrected chi connectivity index (χ4v) is 2.04. The van der Waals surface area contributed by atoms with Gasteiger partial charge in [0, 0.05) is 29.9 Å². The van der Waals surface area contributed by atoms with Gasteiger partial charge in [-0.25, -0.2) is 0 Å². The summed E-state index contributed by atoms with van der Waals surface area (Å²) in [6.07, 6.45) is 0. The van der Waals surface area contributed by atoms with Crippen molar-refractivity contribution >= 4 is 21.6 Å². The van der Waals surface area contributed by atoms with E-state index in [1.807, 2.05) is 25.1 Å². The summed E-state index contributed by atoms with van der Waals surface area (Å²) < 4.78 is 6.20. The second-order valence-electron chi connectivity index (χ2n) is 3.55. The average molecular weight is 297 g/mol. The van der Waals surface area contributed by atoms with Crippen molar-refractivity contribution < 1.29 is 4.74 Å². The van der Waals surface area contributed by atoms with Gasteiger partial charge in [0.1, 0.15) is 6.07 Å². The number of hydrogen-bond donors (Lipinski definition) is 0. The number of likely N-dealkylation sites (N-methyl/N-ethyl adjacent to an activating group) is 1. The first-order valence-corrected chi connectivity index (χ1v) is 6.54. The maximum absolute atomic E-state index is 8.86. The number of halogens is 1. The molecule has 1 rings (SSSR count). The monoisotopic (exact) mass is 296 g/mol. The van der Waals surface area contributed by atoms with Crippen molar-refractivity contribution in [2.45, 2.75) is 13.8 Å². The van der Waals surface area contributed by atoms with E-state index in [9.17, 15) is 0 Å². The molecule has 0 heterocycles. The van der Waals surface area contributed by atoms with E-state index < -0.39 is 0 Å². The fraction of sp³-hybridized carbons (Fsp3) is 0.462. The molecule has 4 heteroatoms. The van der Waals surface area contributed by atoms with Crippen LogP contribution in [0.25, 0.3) is 0 Å². The van der Waals surface area contributed by atoms with E-state index in [0.29, 0.717) is 5.56 Å². The van der Waals surface area contributed by atoms with E-state index in [1.165, 1.54) is 0 Å². The number of nitrogens with zero attached hydrogens (tertiary/aromatic N) is 2. The van der Waals surface area contributed by atoms with Crippen molar-refractivity contribution in [1.29, 1.82) is 5.26 Å². The van der Waals surface area contributed by atoms with Gasteiger partial charge in [-0.1, -0.05) is 0 Å². The molecule has 92 valence electrons. The summed E-state index contributed by atoms with van der Waals surface area (Å²) in [5.41, 5.74) is 1.77. The number of anilines is 1. The molecule has 1 aromatic rings. The normalized spacial score (nSPS) is 10.0. The van der Waals surface area contributed by atoms with Crippen LogP contribution in [0, 0.1) is 11.3 Å². The Morgan fingerprint density at radius 2 is 2.18 bits per heavy atom. The minimum Gasteiger partial charge on any atom is -0.380 e. The topological polar surface area (TPSA) is 36.3 Å². The van der Waals surface area contributed by atoms with Crippen LogP contribution in [0.15, 0.2) is 22.7 Å². The van der Waals surface area contributed by atoms with Gasteiger partial charge in [-0.05, 0) is 48.0 Å². The number of nitriles is 1. The summed E-state index contributed by atoms with van der Waals surface area (Å²) in [6.45, 7) is 7.36. The first-order valence-electron chi connectivity index (χ1n) is 5.75. The van der Waals surface area contributed by atoms with E-state index in [-0.39, 0.29) is 0 Å². The molecule has 0 saturated carbocycles. The maximum Gasteiger partial charge on any atom is 0.100 e. The predicted molar refractivity (Wildman–Crippen MR) is 73.2 cm³/mol. The van der Waals surface area contributed by atoms with Gasteiger partial charge in [0.15, 0.2) is 0 Å². The Morgan fingerprint density at radius 3 is 2.71 bits per heavy atom. The molecule has 0 aliphatic carbocycles. The third kappa shape index (κ3) is 4.03. The van der Waals surface area contributed by atoms with Crippen molar-refractivity contribution in [3.63, 3.8) is 0 Å². The molecule has 0 amide bonds. The van der Waals surface area contributed by atoms with Gasteiger partial charge in [0.2, 0.25) is 0 Å². The summed E-state index contributed by atoms with van der Waals surface area (Å²) in [6, 6.07) is 7.93. The molecule has 0 bridgehead atoms. The predicted octanol–water partition coefficient (Wildman–Crippen LogP) is 3.18. The van der Waals surface area contributed by atoms with Gasteiger partial charge in [-0.3, -0.25) is 0 Å². The lowest BCUT2D eigenvalue weighted by molar-refractivity contribution is 0.154. The van der Waals surface area contributed by atoms with Crippen molar-refractivity contribution in [2.24, 2.45) is 0 Å². The van der Waals surface area contributed by atoms with Crippen molar-refractivity contribution in [2.75, 3.05) is 31.2 Å².